The molecule has 2 aromatic heterocycles. The van der Waals surface area contributed by atoms with E-state index < -0.39 is 0 Å². The molecule has 1 amide bonds. The first kappa shape index (κ1) is 19.6. The molecular weight excluding hydrogens is 395 g/mol. The van der Waals surface area contributed by atoms with Crippen LogP contribution in [0.3, 0.4) is 0 Å². The van der Waals surface area contributed by atoms with Crippen LogP contribution in [0.25, 0.3) is 22.4 Å². The molecule has 1 atom stereocenters. The van der Waals surface area contributed by atoms with Gasteiger partial charge in [0.2, 0.25) is 0 Å². The van der Waals surface area contributed by atoms with Gasteiger partial charge >= 0.3 is 0 Å². The number of hydrogen-bond acceptors (Lipinski definition) is 3. The normalized spacial score (nSPS) is 16.1. The summed E-state index contributed by atoms with van der Waals surface area (Å²) in [5.41, 5.74) is 3.86. The second-order valence-electron chi connectivity index (χ2n) is 7.81. The Morgan fingerprint density at radius 3 is 2.65 bits per heavy atom. The number of amides is 1. The summed E-state index contributed by atoms with van der Waals surface area (Å²) in [6.07, 6.45) is 2.08. The lowest BCUT2D eigenvalue weighted by molar-refractivity contribution is 0.0851. The zero-order chi connectivity index (χ0) is 21.2. The number of aromatic nitrogens is 1. The monoisotopic (exact) mass is 418 g/mol. The standard InChI is InChI=1S/C25H23FN2O3/c26-19-10-8-18(9-11-19)23-13-21-24(31-23)14-22(25(29)27-15-20-7-4-12-30-20)28(21)16-17-5-2-1-3-6-17/h1-3,5-6,8-11,13-14,20H,4,7,12,15-16H2,(H,27,29). The van der Waals surface area contributed by atoms with Crippen LogP contribution in [0.5, 0.6) is 0 Å². The van der Waals surface area contributed by atoms with E-state index in [1.54, 1.807) is 18.2 Å². The lowest BCUT2D eigenvalue weighted by atomic mass is 10.2. The molecule has 1 unspecified atom stereocenters. The quantitative estimate of drug-likeness (QED) is 0.480. The van der Waals surface area contributed by atoms with Crippen LogP contribution in [0, 0.1) is 5.82 Å². The van der Waals surface area contributed by atoms with Gasteiger partial charge in [-0.05, 0) is 42.7 Å². The van der Waals surface area contributed by atoms with Gasteiger partial charge in [0.1, 0.15) is 17.3 Å². The fourth-order valence-corrected chi connectivity index (χ4v) is 4.03. The van der Waals surface area contributed by atoms with Crippen molar-refractivity contribution in [2.45, 2.75) is 25.5 Å². The van der Waals surface area contributed by atoms with Crippen molar-refractivity contribution in [2.24, 2.45) is 0 Å². The minimum absolute atomic E-state index is 0.0783. The molecule has 0 radical (unpaired) electrons. The van der Waals surface area contributed by atoms with E-state index in [2.05, 4.69) is 5.32 Å². The first-order valence-electron chi connectivity index (χ1n) is 10.5. The second-order valence-corrected chi connectivity index (χ2v) is 7.81. The topological polar surface area (TPSA) is 56.4 Å². The molecule has 5 rings (SSSR count). The Bertz CT molecular complexity index is 1190. The first-order chi connectivity index (χ1) is 15.2. The zero-order valence-corrected chi connectivity index (χ0v) is 17.0. The second kappa shape index (κ2) is 8.40. The van der Waals surface area contributed by atoms with Crippen molar-refractivity contribution >= 4 is 17.0 Å². The summed E-state index contributed by atoms with van der Waals surface area (Å²) in [6.45, 7) is 1.79. The van der Waals surface area contributed by atoms with Crippen molar-refractivity contribution in [3.05, 3.63) is 83.8 Å². The summed E-state index contributed by atoms with van der Waals surface area (Å²) in [6, 6.07) is 19.8. The Hall–Kier alpha value is -3.38. The van der Waals surface area contributed by atoms with Crippen molar-refractivity contribution in [1.29, 1.82) is 0 Å². The molecule has 0 saturated carbocycles. The molecule has 1 N–H and O–H groups in total. The Morgan fingerprint density at radius 2 is 1.90 bits per heavy atom. The van der Waals surface area contributed by atoms with Gasteiger partial charge in [-0.2, -0.15) is 0 Å². The third-order valence-electron chi connectivity index (χ3n) is 5.65. The maximum atomic E-state index is 13.3. The molecule has 5 nitrogen and oxygen atoms in total. The van der Waals surface area contributed by atoms with E-state index >= 15 is 0 Å². The fraction of sp³-hybridized carbons (Fsp3) is 0.240. The number of fused-ring (bicyclic) bond motifs is 1. The molecule has 0 spiro atoms. The SMILES string of the molecule is O=C(NCC1CCCO1)c1cc2oc(-c3ccc(F)cc3)cc2n1Cc1ccccc1. The maximum absolute atomic E-state index is 13.3. The van der Waals surface area contributed by atoms with Crippen LogP contribution < -0.4 is 5.32 Å². The van der Waals surface area contributed by atoms with Crippen molar-refractivity contribution in [2.75, 3.05) is 13.2 Å². The van der Waals surface area contributed by atoms with Gasteiger partial charge in [0.05, 0.1) is 11.6 Å². The van der Waals surface area contributed by atoms with Gasteiger partial charge in [-0.25, -0.2) is 4.39 Å². The number of halogens is 1. The highest BCUT2D eigenvalue weighted by molar-refractivity contribution is 5.98. The zero-order valence-electron chi connectivity index (χ0n) is 17.0. The van der Waals surface area contributed by atoms with Crippen LogP contribution in [0.2, 0.25) is 0 Å². The number of benzene rings is 2. The van der Waals surface area contributed by atoms with E-state index in [0.717, 1.165) is 36.1 Å². The van der Waals surface area contributed by atoms with Crippen LogP contribution in [0.4, 0.5) is 4.39 Å². The number of carbonyl (C=O) groups is 1. The predicted molar refractivity (Wildman–Crippen MR) is 116 cm³/mol. The third kappa shape index (κ3) is 4.11. The van der Waals surface area contributed by atoms with Gasteiger partial charge in [0.25, 0.3) is 5.91 Å². The van der Waals surface area contributed by atoms with Crippen LogP contribution >= 0.6 is 0 Å². The highest BCUT2D eigenvalue weighted by atomic mass is 19.1. The van der Waals surface area contributed by atoms with Gasteiger partial charge in [-0.1, -0.05) is 30.3 Å². The summed E-state index contributed by atoms with van der Waals surface area (Å²) in [5.74, 6) is 0.193. The largest absolute Gasteiger partial charge is 0.454 e. The molecule has 4 aromatic rings. The van der Waals surface area contributed by atoms with Crippen molar-refractivity contribution in [3.8, 4) is 11.3 Å². The van der Waals surface area contributed by atoms with E-state index in [0.29, 0.717) is 30.1 Å². The minimum Gasteiger partial charge on any atom is -0.454 e. The molecule has 1 fully saturated rings. The van der Waals surface area contributed by atoms with Crippen LogP contribution in [0.1, 0.15) is 28.9 Å². The maximum Gasteiger partial charge on any atom is 0.268 e. The fourth-order valence-electron chi connectivity index (χ4n) is 4.03. The number of nitrogens with zero attached hydrogens (tertiary/aromatic N) is 1. The number of ether oxygens (including phenoxy) is 1. The highest BCUT2D eigenvalue weighted by Crippen LogP contribution is 2.31. The number of furan rings is 1. The summed E-state index contributed by atoms with van der Waals surface area (Å²) in [4.78, 5) is 13.0. The average Bonchev–Trinajstić information content (AvgIpc) is 3.51. The van der Waals surface area contributed by atoms with Crippen molar-refractivity contribution in [1.82, 2.24) is 9.88 Å². The summed E-state index contributed by atoms with van der Waals surface area (Å²) < 4.78 is 26.9. The Kier molecular flexibility index (Phi) is 5.30. The van der Waals surface area contributed by atoms with Crippen molar-refractivity contribution < 1.29 is 18.3 Å². The molecule has 3 heterocycles. The summed E-state index contributed by atoms with van der Waals surface area (Å²) in [5, 5.41) is 3.00. The Balaban J connectivity index is 1.49. The summed E-state index contributed by atoms with van der Waals surface area (Å²) >= 11 is 0. The van der Waals surface area contributed by atoms with Gasteiger partial charge in [-0.15, -0.1) is 0 Å². The molecule has 6 heteroatoms. The van der Waals surface area contributed by atoms with Gasteiger partial charge in [-0.3, -0.25) is 4.79 Å². The summed E-state index contributed by atoms with van der Waals surface area (Å²) in [7, 11) is 0. The lowest BCUT2D eigenvalue weighted by Crippen LogP contribution is -2.33. The van der Waals surface area contributed by atoms with Crippen LogP contribution in [-0.2, 0) is 11.3 Å². The molecule has 1 aliphatic heterocycles. The lowest BCUT2D eigenvalue weighted by Gasteiger charge is -2.13. The molecule has 2 aromatic carbocycles. The molecular formula is C25H23FN2O3. The van der Waals surface area contributed by atoms with E-state index in [1.165, 1.54) is 12.1 Å². The molecule has 0 bridgehead atoms. The van der Waals surface area contributed by atoms with Gasteiger partial charge in [0, 0.05) is 37.4 Å². The molecule has 31 heavy (non-hydrogen) atoms. The van der Waals surface area contributed by atoms with E-state index in [-0.39, 0.29) is 17.8 Å². The number of nitrogens with one attached hydrogen (secondary N) is 1. The number of carbonyl (C=O) groups excluding carboxylic acids is 1. The first-order valence-corrected chi connectivity index (χ1v) is 10.5. The van der Waals surface area contributed by atoms with E-state index in [9.17, 15) is 9.18 Å². The highest BCUT2D eigenvalue weighted by Gasteiger charge is 2.22. The molecule has 158 valence electrons. The smallest absolute Gasteiger partial charge is 0.268 e. The van der Waals surface area contributed by atoms with Gasteiger partial charge in [0.15, 0.2) is 5.58 Å². The van der Waals surface area contributed by atoms with Crippen LogP contribution in [0.15, 0.2) is 71.1 Å². The van der Waals surface area contributed by atoms with Crippen molar-refractivity contribution in [3.63, 3.8) is 0 Å². The van der Waals surface area contributed by atoms with Crippen LogP contribution in [-0.4, -0.2) is 29.7 Å². The predicted octanol–water partition coefficient (Wildman–Crippen LogP) is 5.00. The van der Waals surface area contributed by atoms with E-state index in [1.807, 2.05) is 41.0 Å². The van der Waals surface area contributed by atoms with Gasteiger partial charge < -0.3 is 19.0 Å². The average molecular weight is 418 g/mol. The Labute approximate surface area is 179 Å². The molecule has 0 aliphatic carbocycles. The number of hydrogen-bond donors (Lipinski definition) is 1. The third-order valence-corrected chi connectivity index (χ3v) is 5.65. The Morgan fingerprint density at radius 1 is 1.10 bits per heavy atom. The minimum atomic E-state index is -0.293. The molecule has 1 aliphatic rings. The van der Waals surface area contributed by atoms with E-state index in [4.69, 9.17) is 9.15 Å². The number of rotatable bonds is 6. The molecule has 1 saturated heterocycles.